The second-order valence-corrected chi connectivity index (χ2v) is 8.42. The number of nitrogens with one attached hydrogen (secondary N) is 2. The summed E-state index contributed by atoms with van der Waals surface area (Å²) in [5.41, 5.74) is 0.753. The van der Waals surface area contributed by atoms with Crippen LogP contribution in [0.1, 0.15) is 18.4 Å². The minimum absolute atomic E-state index is 0.122. The van der Waals surface area contributed by atoms with Gasteiger partial charge in [0.15, 0.2) is 11.6 Å². The van der Waals surface area contributed by atoms with E-state index in [-0.39, 0.29) is 10.9 Å². The van der Waals surface area contributed by atoms with Crippen LogP contribution in [0.15, 0.2) is 41.4 Å². The zero-order valence-electron chi connectivity index (χ0n) is 15.0. The van der Waals surface area contributed by atoms with Crippen LogP contribution in [0.5, 0.6) is 0 Å². The van der Waals surface area contributed by atoms with Gasteiger partial charge in [0, 0.05) is 31.9 Å². The summed E-state index contributed by atoms with van der Waals surface area (Å²) in [7, 11) is -2.13. The first-order valence-corrected chi connectivity index (χ1v) is 10.2. The van der Waals surface area contributed by atoms with Crippen LogP contribution in [0.3, 0.4) is 0 Å². The van der Waals surface area contributed by atoms with Gasteiger partial charge in [0.2, 0.25) is 10.0 Å². The largest absolute Gasteiger partial charge is 0.367 e. The molecule has 1 aromatic carbocycles. The zero-order chi connectivity index (χ0) is 19.4. The van der Waals surface area contributed by atoms with E-state index in [4.69, 9.17) is 0 Å². The van der Waals surface area contributed by atoms with E-state index in [1.807, 2.05) is 0 Å². The monoisotopic (exact) mass is 396 g/mol. The van der Waals surface area contributed by atoms with E-state index in [0.29, 0.717) is 12.4 Å². The molecule has 0 amide bonds. The van der Waals surface area contributed by atoms with E-state index in [1.165, 1.54) is 25.4 Å². The van der Waals surface area contributed by atoms with Crippen LogP contribution in [0.2, 0.25) is 0 Å². The van der Waals surface area contributed by atoms with Crippen LogP contribution in [0, 0.1) is 11.6 Å². The number of likely N-dealkylation sites (tertiary alicyclic amines) is 1. The lowest BCUT2D eigenvalue weighted by Gasteiger charge is -2.32. The van der Waals surface area contributed by atoms with Crippen molar-refractivity contribution in [2.24, 2.45) is 0 Å². The van der Waals surface area contributed by atoms with Crippen molar-refractivity contribution in [3.8, 4) is 0 Å². The third-order valence-corrected chi connectivity index (χ3v) is 6.04. The fourth-order valence-electron chi connectivity index (χ4n) is 3.08. The van der Waals surface area contributed by atoms with Gasteiger partial charge in [-0.15, -0.1) is 0 Å². The van der Waals surface area contributed by atoms with Crippen LogP contribution in [-0.4, -0.2) is 44.5 Å². The lowest BCUT2D eigenvalue weighted by molar-refractivity contribution is 0.211. The van der Waals surface area contributed by atoms with E-state index >= 15 is 0 Å². The van der Waals surface area contributed by atoms with Crippen LogP contribution >= 0.6 is 0 Å². The van der Waals surface area contributed by atoms with E-state index in [1.54, 1.807) is 12.1 Å². The molecule has 0 saturated carbocycles. The first-order valence-electron chi connectivity index (χ1n) is 8.70. The summed E-state index contributed by atoms with van der Waals surface area (Å²) < 4.78 is 52.0. The molecule has 6 nitrogen and oxygen atoms in total. The summed E-state index contributed by atoms with van der Waals surface area (Å²) in [4.78, 5) is 6.49. The van der Waals surface area contributed by atoms with Crippen molar-refractivity contribution >= 4 is 15.8 Å². The second-order valence-electron chi connectivity index (χ2n) is 6.53. The quantitative estimate of drug-likeness (QED) is 0.784. The van der Waals surface area contributed by atoms with Crippen LogP contribution in [-0.2, 0) is 16.6 Å². The van der Waals surface area contributed by atoms with Crippen molar-refractivity contribution in [1.82, 2.24) is 14.6 Å². The average Bonchev–Trinajstić information content (AvgIpc) is 2.67. The number of aromatic nitrogens is 1. The SMILES string of the molecule is CNS(=O)(=O)c1ccc(NC2CCN(Cc3ccc(F)c(F)c3)CC2)nc1. The Kier molecular flexibility index (Phi) is 6.03. The van der Waals surface area contributed by atoms with Crippen molar-refractivity contribution in [2.75, 3.05) is 25.5 Å². The number of nitrogens with zero attached hydrogens (tertiary/aromatic N) is 2. The minimum Gasteiger partial charge on any atom is -0.367 e. The molecule has 3 rings (SSSR count). The standard InChI is InChI=1S/C18H22F2N4O2S/c1-21-27(25,26)15-3-5-18(22-11-15)23-14-6-8-24(9-7-14)12-13-2-4-16(19)17(20)10-13/h2-5,10-11,14,21H,6-9,12H2,1H3,(H,22,23). The molecular formula is C18H22F2N4O2S. The molecule has 0 atom stereocenters. The van der Waals surface area contributed by atoms with Crippen LogP contribution in [0.25, 0.3) is 0 Å². The lowest BCUT2D eigenvalue weighted by Crippen LogP contribution is -2.38. The van der Waals surface area contributed by atoms with Crippen LogP contribution < -0.4 is 10.0 Å². The van der Waals surface area contributed by atoms with Crippen LogP contribution in [0.4, 0.5) is 14.6 Å². The molecule has 0 radical (unpaired) electrons. The maximum atomic E-state index is 13.3. The predicted octanol–water partition coefficient (Wildman–Crippen LogP) is 2.34. The number of halogens is 2. The van der Waals surface area contributed by atoms with Crippen molar-refractivity contribution < 1.29 is 17.2 Å². The molecule has 2 heterocycles. The Morgan fingerprint density at radius 2 is 1.89 bits per heavy atom. The molecule has 0 bridgehead atoms. The number of sulfonamides is 1. The molecule has 2 N–H and O–H groups in total. The second kappa shape index (κ2) is 8.28. The molecule has 146 valence electrons. The summed E-state index contributed by atoms with van der Waals surface area (Å²) >= 11 is 0. The molecule has 1 saturated heterocycles. The van der Waals surface area contributed by atoms with Gasteiger partial charge in [-0.3, -0.25) is 4.90 Å². The highest BCUT2D eigenvalue weighted by Gasteiger charge is 2.20. The molecule has 9 heteroatoms. The van der Waals surface area contributed by atoms with Gasteiger partial charge >= 0.3 is 0 Å². The van der Waals surface area contributed by atoms with E-state index in [9.17, 15) is 17.2 Å². The number of hydrogen-bond acceptors (Lipinski definition) is 5. The fraction of sp³-hybridized carbons (Fsp3) is 0.389. The first kappa shape index (κ1) is 19.7. The van der Waals surface area contributed by atoms with Gasteiger partial charge in [-0.05, 0) is 49.7 Å². The zero-order valence-corrected chi connectivity index (χ0v) is 15.8. The Morgan fingerprint density at radius 1 is 1.15 bits per heavy atom. The maximum Gasteiger partial charge on any atom is 0.241 e. The summed E-state index contributed by atoms with van der Waals surface area (Å²) in [6, 6.07) is 7.39. The fourth-order valence-corrected chi connectivity index (χ4v) is 3.76. The topological polar surface area (TPSA) is 74.3 Å². The average molecular weight is 396 g/mol. The maximum absolute atomic E-state index is 13.3. The van der Waals surface area contributed by atoms with Crippen molar-refractivity contribution in [1.29, 1.82) is 0 Å². The number of anilines is 1. The molecular weight excluding hydrogens is 374 g/mol. The molecule has 2 aromatic rings. The highest BCUT2D eigenvalue weighted by Crippen LogP contribution is 2.19. The number of pyridine rings is 1. The molecule has 27 heavy (non-hydrogen) atoms. The van der Waals surface area contributed by atoms with E-state index in [2.05, 4.69) is 19.9 Å². The smallest absolute Gasteiger partial charge is 0.241 e. The molecule has 1 aromatic heterocycles. The van der Waals surface area contributed by atoms with Crippen molar-refractivity contribution in [3.05, 3.63) is 53.7 Å². The van der Waals surface area contributed by atoms with E-state index in [0.717, 1.165) is 37.6 Å². The Labute approximate surface area is 157 Å². The summed E-state index contributed by atoms with van der Waals surface area (Å²) in [6.07, 6.45) is 3.08. The molecule has 1 aliphatic rings. The number of hydrogen-bond donors (Lipinski definition) is 2. The van der Waals surface area contributed by atoms with Crippen molar-refractivity contribution in [3.63, 3.8) is 0 Å². The third-order valence-electron chi connectivity index (χ3n) is 4.65. The van der Waals surface area contributed by atoms with Gasteiger partial charge in [-0.1, -0.05) is 6.07 Å². The minimum atomic E-state index is -3.49. The highest BCUT2D eigenvalue weighted by molar-refractivity contribution is 7.89. The van der Waals surface area contributed by atoms with Gasteiger partial charge in [0.1, 0.15) is 10.7 Å². The highest BCUT2D eigenvalue weighted by atomic mass is 32.2. The van der Waals surface area contributed by atoms with Gasteiger partial charge in [-0.25, -0.2) is 26.9 Å². The molecule has 0 aliphatic carbocycles. The Hall–Kier alpha value is -2.10. The first-order chi connectivity index (χ1) is 12.9. The molecule has 0 unspecified atom stereocenters. The Morgan fingerprint density at radius 3 is 2.48 bits per heavy atom. The van der Waals surface area contributed by atoms with Gasteiger partial charge in [0.05, 0.1) is 0 Å². The Bertz CT molecular complexity index is 883. The number of benzene rings is 1. The van der Waals surface area contributed by atoms with E-state index < -0.39 is 21.7 Å². The summed E-state index contributed by atoms with van der Waals surface area (Å²) in [6.45, 7) is 2.23. The third kappa shape index (κ3) is 5.00. The van der Waals surface area contributed by atoms with Gasteiger partial charge in [0.25, 0.3) is 0 Å². The van der Waals surface area contributed by atoms with Gasteiger partial charge in [-0.2, -0.15) is 0 Å². The lowest BCUT2D eigenvalue weighted by atomic mass is 10.0. The normalized spacial score (nSPS) is 16.4. The van der Waals surface area contributed by atoms with Gasteiger partial charge < -0.3 is 5.32 Å². The molecule has 1 aliphatic heterocycles. The summed E-state index contributed by atoms with van der Waals surface area (Å²) in [5.74, 6) is -1.02. The summed E-state index contributed by atoms with van der Waals surface area (Å²) in [5, 5.41) is 3.32. The molecule has 1 fully saturated rings. The Balaban J connectivity index is 1.51. The molecule has 0 spiro atoms. The number of piperidine rings is 1. The van der Waals surface area contributed by atoms with Crippen molar-refractivity contribution in [2.45, 2.75) is 30.3 Å². The predicted molar refractivity (Wildman–Crippen MR) is 98.8 cm³/mol. The number of rotatable bonds is 6.